The lowest BCUT2D eigenvalue weighted by Crippen LogP contribution is -2.50. The van der Waals surface area contributed by atoms with Crippen LogP contribution in [0.15, 0.2) is 48.7 Å². The molecule has 1 aromatic heterocycles. The van der Waals surface area contributed by atoms with Crippen LogP contribution in [0.1, 0.15) is 30.7 Å². The normalized spacial score (nSPS) is 22.7. The van der Waals surface area contributed by atoms with Gasteiger partial charge in [-0.3, -0.25) is 0 Å². The molecule has 0 bridgehead atoms. The highest BCUT2D eigenvalue weighted by Crippen LogP contribution is 2.46. The van der Waals surface area contributed by atoms with E-state index in [4.69, 9.17) is 4.74 Å². The number of halogens is 1. The van der Waals surface area contributed by atoms with Crippen molar-refractivity contribution < 1.29 is 19.0 Å². The molecule has 1 aliphatic carbocycles. The number of ether oxygens (including phenoxy) is 1. The highest BCUT2D eigenvalue weighted by molar-refractivity contribution is 5.66. The topological polar surface area (TPSA) is 74.7 Å². The van der Waals surface area contributed by atoms with Crippen LogP contribution in [-0.4, -0.2) is 53.4 Å². The van der Waals surface area contributed by atoms with Gasteiger partial charge in [0.25, 0.3) is 0 Å². The third-order valence-electron chi connectivity index (χ3n) is 6.03. The van der Waals surface area contributed by atoms with Crippen molar-refractivity contribution in [2.24, 2.45) is 5.41 Å². The minimum Gasteiger partial charge on any atom is -0.477 e. The number of hydrogen-bond acceptors (Lipinski definition) is 4. The van der Waals surface area contributed by atoms with Gasteiger partial charge in [0.05, 0.1) is 12.8 Å². The zero-order valence-corrected chi connectivity index (χ0v) is 16.3. The SMILES string of the molecule is O=C(O)N(CC1(COc2ccc(F)cn2)CCNCC1)[C@@H]1C[C@H]1c1ccccc1. The molecule has 1 saturated carbocycles. The van der Waals surface area contributed by atoms with Crippen molar-refractivity contribution in [2.45, 2.75) is 31.2 Å². The van der Waals surface area contributed by atoms with Gasteiger partial charge in [0.15, 0.2) is 0 Å². The van der Waals surface area contributed by atoms with Gasteiger partial charge in [-0.25, -0.2) is 14.2 Å². The number of carboxylic acid groups (broad SMARTS) is 1. The Bertz CT molecular complexity index is 825. The van der Waals surface area contributed by atoms with Gasteiger partial charge in [-0.15, -0.1) is 0 Å². The fourth-order valence-electron chi connectivity index (χ4n) is 4.25. The molecule has 6 nitrogen and oxygen atoms in total. The smallest absolute Gasteiger partial charge is 0.407 e. The standard InChI is InChI=1S/C22H26FN3O3/c23-17-6-7-20(25-13-17)29-15-22(8-10-24-11-9-22)14-26(21(27)28)19-12-18(19)16-4-2-1-3-5-16/h1-7,13,18-19,24H,8-12,14-15H2,(H,27,28)/t18-,19+/m0/s1. The van der Waals surface area contributed by atoms with Gasteiger partial charge in [0.2, 0.25) is 5.88 Å². The second-order valence-corrected chi connectivity index (χ2v) is 8.08. The van der Waals surface area contributed by atoms with Crippen molar-refractivity contribution in [1.29, 1.82) is 0 Å². The van der Waals surface area contributed by atoms with Gasteiger partial charge in [0, 0.05) is 30.0 Å². The zero-order chi connectivity index (χ0) is 20.3. The molecule has 29 heavy (non-hydrogen) atoms. The Labute approximate surface area is 169 Å². The first-order valence-electron chi connectivity index (χ1n) is 10.1. The summed E-state index contributed by atoms with van der Waals surface area (Å²) in [5.74, 6) is 0.206. The van der Waals surface area contributed by atoms with Crippen molar-refractivity contribution in [3.63, 3.8) is 0 Å². The Morgan fingerprint density at radius 1 is 1.24 bits per heavy atom. The first kappa shape index (κ1) is 19.6. The summed E-state index contributed by atoms with van der Waals surface area (Å²) in [6.07, 6.45) is 2.74. The van der Waals surface area contributed by atoms with Gasteiger partial charge >= 0.3 is 6.09 Å². The lowest BCUT2D eigenvalue weighted by Gasteiger charge is -2.40. The van der Waals surface area contributed by atoms with Crippen LogP contribution in [0, 0.1) is 11.2 Å². The average Bonchev–Trinajstić information content (AvgIpc) is 3.54. The second-order valence-electron chi connectivity index (χ2n) is 8.08. The van der Waals surface area contributed by atoms with Crippen molar-refractivity contribution in [2.75, 3.05) is 26.2 Å². The monoisotopic (exact) mass is 399 g/mol. The van der Waals surface area contributed by atoms with Gasteiger partial charge in [0.1, 0.15) is 5.82 Å². The molecule has 0 unspecified atom stereocenters. The van der Waals surface area contributed by atoms with E-state index in [2.05, 4.69) is 22.4 Å². The number of piperidine rings is 1. The summed E-state index contributed by atoms with van der Waals surface area (Å²) in [6, 6.07) is 12.9. The summed E-state index contributed by atoms with van der Waals surface area (Å²) >= 11 is 0. The maximum atomic E-state index is 13.1. The van der Waals surface area contributed by atoms with E-state index in [-0.39, 0.29) is 17.4 Å². The molecular weight excluding hydrogens is 373 g/mol. The minimum atomic E-state index is -0.883. The molecule has 1 aliphatic heterocycles. The van der Waals surface area contributed by atoms with Crippen molar-refractivity contribution >= 4 is 6.09 Å². The molecule has 2 fully saturated rings. The molecule has 1 aromatic carbocycles. The Morgan fingerprint density at radius 2 is 2.00 bits per heavy atom. The van der Waals surface area contributed by atoms with Crippen LogP contribution >= 0.6 is 0 Å². The molecule has 1 saturated heterocycles. The Kier molecular flexibility index (Phi) is 5.67. The van der Waals surface area contributed by atoms with Gasteiger partial charge < -0.3 is 20.1 Å². The van der Waals surface area contributed by atoms with Crippen molar-refractivity contribution in [3.8, 4) is 5.88 Å². The summed E-state index contributed by atoms with van der Waals surface area (Å²) in [4.78, 5) is 17.7. The largest absolute Gasteiger partial charge is 0.477 e. The molecule has 2 heterocycles. The first-order chi connectivity index (χ1) is 14.1. The highest BCUT2D eigenvalue weighted by Gasteiger charge is 2.48. The van der Waals surface area contributed by atoms with E-state index in [1.807, 2.05) is 18.2 Å². The summed E-state index contributed by atoms with van der Waals surface area (Å²) in [6.45, 7) is 2.43. The van der Waals surface area contributed by atoms with Gasteiger partial charge in [-0.2, -0.15) is 0 Å². The number of pyridine rings is 1. The maximum Gasteiger partial charge on any atom is 0.407 e. The van der Waals surface area contributed by atoms with E-state index < -0.39 is 11.9 Å². The summed E-state index contributed by atoms with van der Waals surface area (Å²) in [5, 5.41) is 13.3. The number of benzene rings is 1. The number of carbonyl (C=O) groups is 1. The number of amides is 1. The molecule has 4 rings (SSSR count). The molecule has 7 heteroatoms. The van der Waals surface area contributed by atoms with E-state index in [0.717, 1.165) is 38.5 Å². The quantitative estimate of drug-likeness (QED) is 0.745. The second kappa shape index (κ2) is 8.37. The van der Waals surface area contributed by atoms with Gasteiger partial charge in [-0.05, 0) is 44.0 Å². The summed E-state index contributed by atoms with van der Waals surface area (Å²) in [7, 11) is 0. The third-order valence-corrected chi connectivity index (χ3v) is 6.03. The van der Waals surface area contributed by atoms with E-state index in [1.165, 1.54) is 17.7 Å². The van der Waals surface area contributed by atoms with Crippen LogP contribution in [0.5, 0.6) is 5.88 Å². The molecular formula is C22H26FN3O3. The number of aromatic nitrogens is 1. The fraction of sp³-hybridized carbons (Fsp3) is 0.455. The molecule has 2 N–H and O–H groups in total. The number of nitrogens with zero attached hydrogens (tertiary/aromatic N) is 2. The van der Waals surface area contributed by atoms with Crippen molar-refractivity contribution in [3.05, 3.63) is 60.0 Å². The summed E-state index contributed by atoms with van der Waals surface area (Å²) in [5.41, 5.74) is 0.902. The number of rotatable bonds is 7. The Hall–Kier alpha value is -2.67. The van der Waals surface area contributed by atoms with E-state index in [0.29, 0.717) is 19.0 Å². The third kappa shape index (κ3) is 4.67. The van der Waals surface area contributed by atoms with Crippen LogP contribution in [0.2, 0.25) is 0 Å². The van der Waals surface area contributed by atoms with Crippen LogP contribution in [-0.2, 0) is 0 Å². The van der Waals surface area contributed by atoms with E-state index in [9.17, 15) is 14.3 Å². The molecule has 0 radical (unpaired) electrons. The molecule has 2 aromatic rings. The molecule has 2 atom stereocenters. The van der Waals surface area contributed by atoms with Crippen LogP contribution in [0.4, 0.5) is 9.18 Å². The van der Waals surface area contributed by atoms with E-state index >= 15 is 0 Å². The van der Waals surface area contributed by atoms with Crippen LogP contribution < -0.4 is 10.1 Å². The van der Waals surface area contributed by atoms with Gasteiger partial charge in [-0.1, -0.05) is 30.3 Å². The van der Waals surface area contributed by atoms with Crippen LogP contribution in [0.25, 0.3) is 0 Å². The molecule has 0 spiro atoms. The van der Waals surface area contributed by atoms with Crippen molar-refractivity contribution in [1.82, 2.24) is 15.2 Å². The Balaban J connectivity index is 1.47. The molecule has 2 aliphatic rings. The fourth-order valence-corrected chi connectivity index (χ4v) is 4.25. The zero-order valence-electron chi connectivity index (χ0n) is 16.3. The summed E-state index contributed by atoms with van der Waals surface area (Å²) < 4.78 is 19.0. The predicted octanol–water partition coefficient (Wildman–Crippen LogP) is 3.51. The Morgan fingerprint density at radius 3 is 2.66 bits per heavy atom. The molecule has 1 amide bonds. The average molecular weight is 399 g/mol. The number of nitrogens with one attached hydrogen (secondary N) is 1. The minimum absolute atomic E-state index is 0.00519. The van der Waals surface area contributed by atoms with E-state index in [1.54, 1.807) is 4.90 Å². The highest BCUT2D eigenvalue weighted by atomic mass is 19.1. The predicted molar refractivity (Wildman–Crippen MR) is 107 cm³/mol. The number of hydrogen-bond donors (Lipinski definition) is 2. The first-order valence-corrected chi connectivity index (χ1v) is 10.1. The van der Waals surface area contributed by atoms with Crippen LogP contribution in [0.3, 0.4) is 0 Å². The lowest BCUT2D eigenvalue weighted by atomic mass is 9.79. The lowest BCUT2D eigenvalue weighted by molar-refractivity contribution is 0.0504. The maximum absolute atomic E-state index is 13.1. The molecule has 154 valence electrons.